The molecule has 1 unspecified atom stereocenters. The van der Waals surface area contributed by atoms with Crippen molar-refractivity contribution in [1.82, 2.24) is 4.90 Å². The number of amides is 2. The van der Waals surface area contributed by atoms with Gasteiger partial charge in [-0.25, -0.2) is 0 Å². The number of halogens is 1. The molecular weight excluding hydrogens is 478 g/mol. The summed E-state index contributed by atoms with van der Waals surface area (Å²) in [6.07, 6.45) is 1.53. The summed E-state index contributed by atoms with van der Waals surface area (Å²) >= 11 is 12.1. The van der Waals surface area contributed by atoms with Crippen LogP contribution in [0.4, 0.5) is 11.4 Å². The van der Waals surface area contributed by atoms with Gasteiger partial charge in [0.25, 0.3) is 5.91 Å². The van der Waals surface area contributed by atoms with Crippen LogP contribution in [0.2, 0.25) is 5.02 Å². The van der Waals surface area contributed by atoms with Gasteiger partial charge >= 0.3 is 0 Å². The van der Waals surface area contributed by atoms with Crippen molar-refractivity contribution >= 4 is 52.1 Å². The van der Waals surface area contributed by atoms with Crippen molar-refractivity contribution in [2.45, 2.75) is 39.2 Å². The Morgan fingerprint density at radius 1 is 1.03 bits per heavy atom. The van der Waals surface area contributed by atoms with Crippen molar-refractivity contribution in [2.75, 3.05) is 16.8 Å². The Morgan fingerprint density at radius 2 is 1.71 bits per heavy atom. The maximum atomic E-state index is 13.6. The molecular formula is C28H28ClN3O2S. The first-order valence-electron chi connectivity index (χ1n) is 11.7. The summed E-state index contributed by atoms with van der Waals surface area (Å²) in [7, 11) is 0. The largest absolute Gasteiger partial charge is 0.336 e. The third-order valence-electron chi connectivity index (χ3n) is 6.22. The van der Waals surface area contributed by atoms with Gasteiger partial charge in [0.1, 0.15) is 6.04 Å². The highest BCUT2D eigenvalue weighted by Crippen LogP contribution is 2.28. The SMILES string of the molecule is CCc1ccc(NC(=O)CC2C(=O)N(c3ccc(C)cc3)C(=S)N2CCc2ccccc2Cl)cc1. The molecule has 1 heterocycles. The molecule has 1 fully saturated rings. The van der Waals surface area contributed by atoms with Gasteiger partial charge in [0, 0.05) is 17.3 Å². The monoisotopic (exact) mass is 505 g/mol. The molecule has 0 spiro atoms. The van der Waals surface area contributed by atoms with Crippen LogP contribution in [-0.2, 0) is 22.4 Å². The fraction of sp³-hybridized carbons (Fsp3) is 0.250. The zero-order chi connectivity index (χ0) is 24.9. The molecule has 0 bridgehead atoms. The van der Waals surface area contributed by atoms with E-state index in [1.54, 1.807) is 0 Å². The summed E-state index contributed by atoms with van der Waals surface area (Å²) in [6.45, 7) is 4.54. The minimum absolute atomic E-state index is 0.000609. The van der Waals surface area contributed by atoms with Crippen molar-refractivity contribution in [3.8, 4) is 0 Å². The van der Waals surface area contributed by atoms with Crippen LogP contribution >= 0.6 is 23.8 Å². The Kier molecular flexibility index (Phi) is 7.83. The van der Waals surface area contributed by atoms with Crippen LogP contribution in [0.15, 0.2) is 72.8 Å². The lowest BCUT2D eigenvalue weighted by molar-refractivity contribution is -0.124. The van der Waals surface area contributed by atoms with E-state index in [-0.39, 0.29) is 18.2 Å². The Labute approximate surface area is 216 Å². The topological polar surface area (TPSA) is 52.7 Å². The molecule has 0 radical (unpaired) electrons. The number of benzene rings is 3. The Hall–Kier alpha value is -3.22. The van der Waals surface area contributed by atoms with Crippen LogP contribution in [0, 0.1) is 6.92 Å². The van der Waals surface area contributed by atoms with E-state index < -0.39 is 6.04 Å². The molecule has 180 valence electrons. The maximum absolute atomic E-state index is 13.6. The van der Waals surface area contributed by atoms with E-state index in [0.717, 1.165) is 17.5 Å². The predicted octanol–water partition coefficient (Wildman–Crippen LogP) is 5.78. The molecule has 3 aromatic rings. The van der Waals surface area contributed by atoms with Crippen molar-refractivity contribution < 1.29 is 9.59 Å². The summed E-state index contributed by atoms with van der Waals surface area (Å²) in [5.41, 5.74) is 4.66. The summed E-state index contributed by atoms with van der Waals surface area (Å²) in [5, 5.41) is 3.99. The van der Waals surface area contributed by atoms with Crippen LogP contribution in [0.5, 0.6) is 0 Å². The van der Waals surface area contributed by atoms with Crippen LogP contribution in [0.3, 0.4) is 0 Å². The average molecular weight is 506 g/mol. The van der Waals surface area contributed by atoms with E-state index in [2.05, 4.69) is 12.2 Å². The Balaban J connectivity index is 1.55. The molecule has 1 aliphatic rings. The van der Waals surface area contributed by atoms with Gasteiger partial charge in [-0.05, 0) is 73.4 Å². The number of carbonyl (C=O) groups excluding carboxylic acids is 2. The normalized spacial score (nSPS) is 15.6. The predicted molar refractivity (Wildman–Crippen MR) is 146 cm³/mol. The lowest BCUT2D eigenvalue weighted by Gasteiger charge is -2.24. The second-order valence-corrected chi connectivity index (χ2v) is 9.42. The van der Waals surface area contributed by atoms with E-state index in [1.165, 1.54) is 10.5 Å². The lowest BCUT2D eigenvalue weighted by Crippen LogP contribution is -2.39. The third kappa shape index (κ3) is 5.72. The fourth-order valence-electron chi connectivity index (χ4n) is 4.17. The van der Waals surface area contributed by atoms with Crippen molar-refractivity contribution in [2.24, 2.45) is 0 Å². The zero-order valence-electron chi connectivity index (χ0n) is 19.8. The van der Waals surface area contributed by atoms with E-state index in [4.69, 9.17) is 23.8 Å². The molecule has 7 heteroatoms. The van der Waals surface area contributed by atoms with Crippen LogP contribution in [-0.4, -0.2) is 34.4 Å². The number of aryl methyl sites for hydroxylation is 2. The van der Waals surface area contributed by atoms with Gasteiger partial charge in [-0.1, -0.05) is 66.6 Å². The van der Waals surface area contributed by atoms with E-state index >= 15 is 0 Å². The molecule has 35 heavy (non-hydrogen) atoms. The van der Waals surface area contributed by atoms with Gasteiger partial charge in [-0.2, -0.15) is 0 Å². The molecule has 3 aromatic carbocycles. The third-order valence-corrected chi connectivity index (χ3v) is 7.00. The highest BCUT2D eigenvalue weighted by molar-refractivity contribution is 7.80. The number of hydrogen-bond acceptors (Lipinski definition) is 3. The highest BCUT2D eigenvalue weighted by atomic mass is 35.5. The maximum Gasteiger partial charge on any atom is 0.256 e. The number of nitrogens with one attached hydrogen (secondary N) is 1. The second-order valence-electron chi connectivity index (χ2n) is 8.65. The molecule has 0 saturated carbocycles. The average Bonchev–Trinajstić information content (AvgIpc) is 3.08. The molecule has 4 rings (SSSR count). The molecule has 1 saturated heterocycles. The number of thiocarbonyl (C=S) groups is 1. The molecule has 1 N–H and O–H groups in total. The number of anilines is 2. The highest BCUT2D eigenvalue weighted by Gasteiger charge is 2.43. The molecule has 1 atom stereocenters. The number of nitrogens with zero attached hydrogens (tertiary/aromatic N) is 2. The van der Waals surface area contributed by atoms with Gasteiger partial charge in [0.2, 0.25) is 5.91 Å². The minimum atomic E-state index is -0.693. The summed E-state index contributed by atoms with van der Waals surface area (Å²) < 4.78 is 0. The number of carbonyl (C=O) groups is 2. The first-order valence-corrected chi connectivity index (χ1v) is 12.5. The second kappa shape index (κ2) is 11.0. The minimum Gasteiger partial charge on any atom is -0.336 e. The summed E-state index contributed by atoms with van der Waals surface area (Å²) in [6, 6.07) is 22.3. The van der Waals surface area contributed by atoms with Crippen molar-refractivity contribution in [3.63, 3.8) is 0 Å². The Bertz CT molecular complexity index is 1230. The lowest BCUT2D eigenvalue weighted by atomic mass is 10.1. The first kappa shape index (κ1) is 24.9. The molecule has 0 aromatic heterocycles. The van der Waals surface area contributed by atoms with E-state index in [1.807, 2.05) is 84.6 Å². The number of rotatable bonds is 8. The molecule has 5 nitrogen and oxygen atoms in total. The molecule has 2 amide bonds. The summed E-state index contributed by atoms with van der Waals surface area (Å²) in [5.74, 6) is -0.432. The van der Waals surface area contributed by atoms with Gasteiger partial charge in [-0.15, -0.1) is 0 Å². The fourth-order valence-corrected chi connectivity index (χ4v) is 4.82. The van der Waals surface area contributed by atoms with Gasteiger partial charge in [-0.3, -0.25) is 14.5 Å². The summed E-state index contributed by atoms with van der Waals surface area (Å²) in [4.78, 5) is 29.9. The van der Waals surface area contributed by atoms with Crippen LogP contribution < -0.4 is 10.2 Å². The van der Waals surface area contributed by atoms with Crippen molar-refractivity contribution in [3.05, 3.63) is 94.5 Å². The molecule has 1 aliphatic heterocycles. The molecule has 0 aliphatic carbocycles. The van der Waals surface area contributed by atoms with Gasteiger partial charge in [0.05, 0.1) is 12.1 Å². The van der Waals surface area contributed by atoms with Gasteiger partial charge in [0.15, 0.2) is 5.11 Å². The smallest absolute Gasteiger partial charge is 0.256 e. The Morgan fingerprint density at radius 3 is 2.37 bits per heavy atom. The van der Waals surface area contributed by atoms with E-state index in [0.29, 0.717) is 34.5 Å². The van der Waals surface area contributed by atoms with Gasteiger partial charge < -0.3 is 10.2 Å². The van der Waals surface area contributed by atoms with Crippen molar-refractivity contribution in [1.29, 1.82) is 0 Å². The number of hydrogen-bond donors (Lipinski definition) is 1. The quantitative estimate of drug-likeness (QED) is 0.394. The standard InChI is InChI=1S/C28H28ClN3O2S/c1-3-20-10-12-22(13-11-20)30-26(33)18-25-27(34)32(23-14-8-19(2)9-15-23)28(35)31(25)17-16-21-6-4-5-7-24(21)29/h4-15,25H,3,16-18H2,1-2H3,(H,30,33). The van der Waals surface area contributed by atoms with Crippen LogP contribution in [0.1, 0.15) is 30.0 Å². The zero-order valence-corrected chi connectivity index (χ0v) is 21.4. The first-order chi connectivity index (χ1) is 16.9. The van der Waals surface area contributed by atoms with Crippen LogP contribution in [0.25, 0.3) is 0 Å². The van der Waals surface area contributed by atoms with E-state index in [9.17, 15) is 9.59 Å².